The lowest BCUT2D eigenvalue weighted by Gasteiger charge is -2.11. The molecule has 0 aliphatic heterocycles. The lowest BCUT2D eigenvalue weighted by molar-refractivity contribution is 0.105. The van der Waals surface area contributed by atoms with Crippen LogP contribution in [0.4, 0.5) is 0 Å². The van der Waals surface area contributed by atoms with Gasteiger partial charge in [-0.25, -0.2) is 8.42 Å². The van der Waals surface area contributed by atoms with Crippen molar-refractivity contribution in [2.75, 3.05) is 38.8 Å². The van der Waals surface area contributed by atoms with Crippen LogP contribution in [0.2, 0.25) is 0 Å². The summed E-state index contributed by atoms with van der Waals surface area (Å²) in [4.78, 5) is 4.07. The van der Waals surface area contributed by atoms with E-state index >= 15 is 0 Å². The molecule has 0 fully saturated rings. The number of aliphatic imine (C=N–C) groups is 1. The van der Waals surface area contributed by atoms with Gasteiger partial charge < -0.3 is 19.8 Å². The van der Waals surface area contributed by atoms with E-state index in [-0.39, 0.29) is 5.75 Å². The summed E-state index contributed by atoms with van der Waals surface area (Å²) in [6.07, 6.45) is 4.26. The van der Waals surface area contributed by atoms with Gasteiger partial charge in [-0.15, -0.1) is 0 Å². The molecule has 0 atom stereocenters. The van der Waals surface area contributed by atoms with Gasteiger partial charge in [-0.05, 0) is 25.0 Å². The zero-order valence-corrected chi connectivity index (χ0v) is 14.0. The van der Waals surface area contributed by atoms with Crippen molar-refractivity contribution >= 4 is 15.8 Å². The van der Waals surface area contributed by atoms with Crippen molar-refractivity contribution in [1.29, 1.82) is 0 Å². The molecule has 0 amide bonds. The van der Waals surface area contributed by atoms with Crippen molar-refractivity contribution in [2.24, 2.45) is 4.99 Å². The number of sulfone groups is 1. The molecule has 22 heavy (non-hydrogen) atoms. The van der Waals surface area contributed by atoms with Gasteiger partial charge in [0.2, 0.25) is 0 Å². The standard InChI is InChI=1S/C14H25N3O4S/c1-15-14(17-8-5-11-22(2,18)19)16-7-4-9-20-12-13-6-3-10-21-13/h3,6,10H,4-5,7-9,11-12H2,1-2H3,(H2,15,16,17). The summed E-state index contributed by atoms with van der Waals surface area (Å²) in [6.45, 7) is 2.40. The van der Waals surface area contributed by atoms with Crippen LogP contribution in [0.1, 0.15) is 18.6 Å². The molecular formula is C14H25N3O4S. The number of rotatable bonds is 10. The van der Waals surface area contributed by atoms with Crippen LogP contribution in [0.15, 0.2) is 27.8 Å². The van der Waals surface area contributed by atoms with Gasteiger partial charge in [-0.2, -0.15) is 0 Å². The SMILES string of the molecule is CN=C(NCCCOCc1ccco1)NCCCS(C)(=O)=O. The molecule has 2 N–H and O–H groups in total. The molecule has 126 valence electrons. The molecule has 0 radical (unpaired) electrons. The van der Waals surface area contributed by atoms with Crippen molar-refractivity contribution in [1.82, 2.24) is 10.6 Å². The van der Waals surface area contributed by atoms with E-state index in [0.717, 1.165) is 18.7 Å². The fraction of sp³-hybridized carbons (Fsp3) is 0.643. The van der Waals surface area contributed by atoms with E-state index in [9.17, 15) is 8.42 Å². The maximum Gasteiger partial charge on any atom is 0.190 e. The van der Waals surface area contributed by atoms with Crippen molar-refractivity contribution in [3.8, 4) is 0 Å². The first kappa shape index (κ1) is 18.5. The van der Waals surface area contributed by atoms with Crippen LogP contribution in [-0.2, 0) is 21.2 Å². The summed E-state index contributed by atoms with van der Waals surface area (Å²) < 4.78 is 32.6. The van der Waals surface area contributed by atoms with Crippen LogP contribution >= 0.6 is 0 Å². The highest BCUT2D eigenvalue weighted by Gasteiger charge is 2.02. The van der Waals surface area contributed by atoms with Crippen LogP contribution in [0.5, 0.6) is 0 Å². The third kappa shape index (κ3) is 9.41. The van der Waals surface area contributed by atoms with Crippen molar-refractivity contribution in [3.63, 3.8) is 0 Å². The molecule has 0 aromatic carbocycles. The zero-order valence-electron chi connectivity index (χ0n) is 13.2. The third-order valence-corrected chi connectivity index (χ3v) is 3.82. The van der Waals surface area contributed by atoms with Gasteiger partial charge in [0.15, 0.2) is 5.96 Å². The van der Waals surface area contributed by atoms with E-state index in [4.69, 9.17) is 9.15 Å². The van der Waals surface area contributed by atoms with E-state index in [2.05, 4.69) is 15.6 Å². The number of furan rings is 1. The minimum absolute atomic E-state index is 0.178. The Morgan fingerprint density at radius 1 is 1.32 bits per heavy atom. The van der Waals surface area contributed by atoms with E-state index < -0.39 is 9.84 Å². The fourth-order valence-electron chi connectivity index (χ4n) is 1.71. The van der Waals surface area contributed by atoms with Crippen LogP contribution in [0.3, 0.4) is 0 Å². The molecule has 1 heterocycles. The van der Waals surface area contributed by atoms with Crippen molar-refractivity contribution < 1.29 is 17.6 Å². The van der Waals surface area contributed by atoms with E-state index in [1.54, 1.807) is 13.3 Å². The number of hydrogen-bond donors (Lipinski definition) is 2. The molecule has 7 nitrogen and oxygen atoms in total. The predicted molar refractivity (Wildman–Crippen MR) is 86.7 cm³/mol. The summed E-state index contributed by atoms with van der Waals surface area (Å²) in [6, 6.07) is 3.71. The molecule has 0 bridgehead atoms. The highest BCUT2D eigenvalue weighted by Crippen LogP contribution is 2.01. The Bertz CT molecular complexity index is 526. The van der Waals surface area contributed by atoms with Gasteiger partial charge in [-0.1, -0.05) is 0 Å². The highest BCUT2D eigenvalue weighted by atomic mass is 32.2. The smallest absolute Gasteiger partial charge is 0.190 e. The first-order chi connectivity index (χ1) is 10.5. The van der Waals surface area contributed by atoms with E-state index in [1.807, 2.05) is 12.1 Å². The molecule has 0 aliphatic rings. The molecule has 1 aromatic rings. The second-order valence-corrected chi connectivity index (χ2v) is 7.15. The Morgan fingerprint density at radius 2 is 2.05 bits per heavy atom. The van der Waals surface area contributed by atoms with Gasteiger partial charge in [0.1, 0.15) is 22.2 Å². The maximum absolute atomic E-state index is 11.0. The Labute approximate surface area is 132 Å². The van der Waals surface area contributed by atoms with Crippen LogP contribution in [0, 0.1) is 0 Å². The first-order valence-electron chi connectivity index (χ1n) is 7.23. The molecule has 0 spiro atoms. The van der Waals surface area contributed by atoms with Crippen LogP contribution < -0.4 is 10.6 Å². The second kappa shape index (κ2) is 10.2. The van der Waals surface area contributed by atoms with Crippen LogP contribution in [-0.4, -0.2) is 53.1 Å². The highest BCUT2D eigenvalue weighted by molar-refractivity contribution is 7.90. The lowest BCUT2D eigenvalue weighted by Crippen LogP contribution is -2.38. The van der Waals surface area contributed by atoms with Crippen molar-refractivity contribution in [2.45, 2.75) is 19.4 Å². The summed E-state index contributed by atoms with van der Waals surface area (Å²) in [7, 11) is -1.22. The van der Waals surface area contributed by atoms with Gasteiger partial charge in [0, 0.05) is 33.0 Å². The molecule has 0 saturated heterocycles. The third-order valence-electron chi connectivity index (χ3n) is 2.79. The van der Waals surface area contributed by atoms with E-state index in [1.165, 1.54) is 6.26 Å². The fourth-order valence-corrected chi connectivity index (χ4v) is 2.38. The number of nitrogens with zero attached hydrogens (tertiary/aromatic N) is 1. The second-order valence-electron chi connectivity index (χ2n) is 4.89. The van der Waals surface area contributed by atoms with Gasteiger partial charge in [0.05, 0.1) is 12.0 Å². The summed E-state index contributed by atoms with van der Waals surface area (Å²) in [5, 5.41) is 6.22. The summed E-state index contributed by atoms with van der Waals surface area (Å²) in [5.74, 6) is 1.66. The monoisotopic (exact) mass is 331 g/mol. The number of nitrogens with one attached hydrogen (secondary N) is 2. The number of hydrogen-bond acceptors (Lipinski definition) is 5. The molecule has 0 aliphatic carbocycles. The Morgan fingerprint density at radius 3 is 2.64 bits per heavy atom. The normalized spacial score (nSPS) is 12.4. The van der Waals surface area contributed by atoms with Crippen molar-refractivity contribution in [3.05, 3.63) is 24.2 Å². The Hall–Kier alpha value is -1.54. The van der Waals surface area contributed by atoms with Gasteiger partial charge >= 0.3 is 0 Å². The average Bonchev–Trinajstić information content (AvgIpc) is 2.97. The molecule has 1 rings (SSSR count). The maximum atomic E-state index is 11.0. The minimum Gasteiger partial charge on any atom is -0.467 e. The zero-order chi connectivity index (χ0) is 16.3. The topological polar surface area (TPSA) is 92.9 Å². The van der Waals surface area contributed by atoms with Gasteiger partial charge in [0.25, 0.3) is 0 Å². The first-order valence-corrected chi connectivity index (χ1v) is 9.29. The molecule has 8 heteroatoms. The van der Waals surface area contributed by atoms with Gasteiger partial charge in [-0.3, -0.25) is 4.99 Å². The quantitative estimate of drug-likeness (QED) is 0.374. The molecule has 1 aromatic heterocycles. The lowest BCUT2D eigenvalue weighted by atomic mass is 10.4. The van der Waals surface area contributed by atoms with E-state index in [0.29, 0.717) is 32.1 Å². The molecular weight excluding hydrogens is 306 g/mol. The molecule has 0 saturated carbocycles. The van der Waals surface area contributed by atoms with Crippen LogP contribution in [0.25, 0.3) is 0 Å². The summed E-state index contributed by atoms with van der Waals surface area (Å²) >= 11 is 0. The minimum atomic E-state index is -2.90. The predicted octanol–water partition coefficient (Wildman–Crippen LogP) is 0.786. The molecule has 0 unspecified atom stereocenters. The summed E-state index contributed by atoms with van der Waals surface area (Å²) in [5.41, 5.74) is 0. The average molecular weight is 331 g/mol. The number of ether oxygens (including phenoxy) is 1. The Kier molecular flexibility index (Phi) is 8.61. The number of guanidine groups is 1. The largest absolute Gasteiger partial charge is 0.467 e. The Balaban J connectivity index is 2.01.